The van der Waals surface area contributed by atoms with Crippen LogP contribution in [-0.2, 0) is 45.0 Å². The van der Waals surface area contributed by atoms with E-state index in [0.29, 0.717) is 25.9 Å². The number of esters is 2. The molecule has 2 N–H and O–H groups in total. The summed E-state index contributed by atoms with van der Waals surface area (Å²) in [5, 5.41) is 10.4. The molecule has 0 saturated carbocycles. The van der Waals surface area contributed by atoms with Crippen LogP contribution in [0.2, 0.25) is 0 Å². The van der Waals surface area contributed by atoms with E-state index in [-0.39, 0.29) is 0 Å². The second kappa shape index (κ2) is 13.3. The molecule has 0 aliphatic rings. The number of carbonyl (C=O) groups excluding carboxylic acids is 2. The monoisotopic (exact) mass is 624 g/mol. The van der Waals surface area contributed by atoms with E-state index in [2.05, 4.69) is 42.3 Å². The van der Waals surface area contributed by atoms with Crippen molar-refractivity contribution < 1.29 is 19.1 Å². The minimum atomic E-state index is -1.05. The van der Waals surface area contributed by atoms with Crippen molar-refractivity contribution in [2.45, 2.75) is 38.4 Å². The highest BCUT2D eigenvalue weighted by atomic mass is 16.6. The molecule has 0 aliphatic carbocycles. The van der Waals surface area contributed by atoms with Gasteiger partial charge in [-0.3, -0.25) is 9.80 Å². The lowest BCUT2D eigenvalue weighted by Gasteiger charge is -2.26. The van der Waals surface area contributed by atoms with E-state index >= 15 is 0 Å². The Morgan fingerprint density at radius 3 is 1.52 bits per heavy atom. The van der Waals surface area contributed by atoms with E-state index in [9.17, 15) is 9.59 Å². The van der Waals surface area contributed by atoms with E-state index in [1.807, 2.05) is 36.7 Å². The third-order valence-electron chi connectivity index (χ3n) is 7.88. The number of rotatable bonds is 12. The summed E-state index contributed by atoms with van der Waals surface area (Å²) in [6.45, 7) is 1.16. The molecule has 14 heteroatoms. The van der Waals surface area contributed by atoms with Gasteiger partial charge < -0.3 is 19.4 Å². The Hall–Kier alpha value is -5.34. The normalized spacial score (nSPS) is 13.1. The first-order chi connectivity index (χ1) is 22.2. The molecule has 6 aromatic rings. The first-order valence-electron chi connectivity index (χ1n) is 14.8. The van der Waals surface area contributed by atoms with Crippen molar-refractivity contribution in [3.8, 4) is 0 Å². The summed E-state index contributed by atoms with van der Waals surface area (Å²) >= 11 is 0. The van der Waals surface area contributed by atoms with Crippen LogP contribution in [0.5, 0.6) is 0 Å². The van der Waals surface area contributed by atoms with Gasteiger partial charge in [0.05, 0.1) is 13.1 Å². The molecule has 2 aromatic carbocycles. The number of aromatic nitrogens is 8. The van der Waals surface area contributed by atoms with Crippen LogP contribution < -0.4 is 0 Å². The average Bonchev–Trinajstić information content (AvgIpc) is 3.86. The van der Waals surface area contributed by atoms with Gasteiger partial charge in [-0.2, -0.15) is 10.2 Å². The Bertz CT molecular complexity index is 1780. The van der Waals surface area contributed by atoms with Crippen LogP contribution in [0.4, 0.5) is 0 Å². The quantitative estimate of drug-likeness (QED) is 0.118. The van der Waals surface area contributed by atoms with Crippen LogP contribution in [0.25, 0.3) is 21.8 Å². The van der Waals surface area contributed by atoms with Gasteiger partial charge in [-0.25, -0.2) is 28.9 Å². The number of hydrogen-bond acceptors (Lipinski definition) is 10. The summed E-state index contributed by atoms with van der Waals surface area (Å²) in [7, 11) is 7.19. The number of nitrogens with zero attached hydrogens (tertiary/aromatic N) is 8. The van der Waals surface area contributed by atoms with Gasteiger partial charge >= 0.3 is 11.9 Å². The van der Waals surface area contributed by atoms with Crippen molar-refractivity contribution in [2.24, 2.45) is 0 Å². The Balaban J connectivity index is 1.12. The predicted octanol–water partition coefficient (Wildman–Crippen LogP) is 2.58. The molecule has 2 unspecified atom stereocenters. The second-order valence-electron chi connectivity index (χ2n) is 11.6. The van der Waals surface area contributed by atoms with Gasteiger partial charge in [0, 0.05) is 47.0 Å². The molecule has 0 bridgehead atoms. The van der Waals surface area contributed by atoms with Crippen molar-refractivity contribution in [2.75, 3.05) is 28.2 Å². The molecule has 238 valence electrons. The summed E-state index contributed by atoms with van der Waals surface area (Å²) in [6, 6.07) is 12.2. The van der Waals surface area contributed by atoms with Crippen LogP contribution in [0.3, 0.4) is 0 Å². The van der Waals surface area contributed by atoms with Gasteiger partial charge in [0.2, 0.25) is 0 Å². The molecular formula is C32H36N10O4. The number of nitrogens with one attached hydrogen (secondary N) is 2. The van der Waals surface area contributed by atoms with Gasteiger partial charge in [0.1, 0.15) is 25.3 Å². The maximum absolute atomic E-state index is 13.1. The largest absolute Gasteiger partial charge is 0.438 e. The van der Waals surface area contributed by atoms with Gasteiger partial charge in [0.15, 0.2) is 12.5 Å². The lowest BCUT2D eigenvalue weighted by atomic mass is 10.1. The lowest BCUT2D eigenvalue weighted by Crippen LogP contribution is -2.40. The molecule has 4 aromatic heterocycles. The zero-order valence-electron chi connectivity index (χ0n) is 26.1. The van der Waals surface area contributed by atoms with Crippen LogP contribution in [0.1, 0.15) is 22.3 Å². The van der Waals surface area contributed by atoms with E-state index in [4.69, 9.17) is 9.47 Å². The number of aromatic amines is 2. The summed E-state index contributed by atoms with van der Waals surface area (Å²) in [4.78, 5) is 44.2. The molecule has 14 nitrogen and oxygen atoms in total. The maximum Gasteiger partial charge on any atom is 0.419 e. The Kier molecular flexibility index (Phi) is 8.90. The molecule has 0 radical (unpaired) electrons. The third-order valence-corrected chi connectivity index (χ3v) is 7.88. The fourth-order valence-electron chi connectivity index (χ4n) is 5.37. The van der Waals surface area contributed by atoms with E-state index in [1.54, 1.807) is 60.0 Å². The zero-order chi connectivity index (χ0) is 32.2. The standard InChI is InChI=1S/C32H36N10O4/c1-39(2)29(11-23-13-35-27-7-5-21(9-25(23)27)15-41-19-33-17-37-41)45-31(43)32(44)46-30(40(3)4)12-24-14-36-28-8-6-22(10-26(24)28)16-42-20-34-18-38-42/h5-10,13-14,17-20,29-30,35-36H,11-12,15-16H2,1-4H3. The zero-order valence-corrected chi connectivity index (χ0v) is 26.1. The highest BCUT2D eigenvalue weighted by Gasteiger charge is 2.29. The van der Waals surface area contributed by atoms with E-state index in [1.165, 1.54) is 12.7 Å². The summed E-state index contributed by atoms with van der Waals surface area (Å²) < 4.78 is 14.9. The fourth-order valence-corrected chi connectivity index (χ4v) is 5.37. The molecule has 0 saturated heterocycles. The van der Waals surface area contributed by atoms with Crippen LogP contribution in [0.15, 0.2) is 74.1 Å². The number of fused-ring (bicyclic) bond motifs is 2. The van der Waals surface area contributed by atoms with Crippen molar-refractivity contribution >= 4 is 33.7 Å². The molecule has 0 spiro atoms. The van der Waals surface area contributed by atoms with Gasteiger partial charge in [0.25, 0.3) is 0 Å². The number of likely N-dealkylation sites (N-methyl/N-ethyl adjacent to an activating group) is 2. The van der Waals surface area contributed by atoms with Gasteiger partial charge in [-0.1, -0.05) is 12.1 Å². The Morgan fingerprint density at radius 1 is 0.717 bits per heavy atom. The molecular weight excluding hydrogens is 588 g/mol. The molecule has 0 aliphatic heterocycles. The highest BCUT2D eigenvalue weighted by molar-refractivity contribution is 6.29. The maximum atomic E-state index is 13.1. The minimum absolute atomic E-state index is 0.363. The average molecular weight is 625 g/mol. The Labute approximate surface area is 264 Å². The molecule has 46 heavy (non-hydrogen) atoms. The number of hydrogen-bond donors (Lipinski definition) is 2. The first kappa shape index (κ1) is 30.7. The lowest BCUT2D eigenvalue weighted by molar-refractivity contribution is -0.182. The molecule has 0 amide bonds. The number of ether oxygens (including phenoxy) is 2. The molecule has 6 rings (SSSR count). The SMILES string of the molecule is CN(C)C(Cc1c[nH]c2ccc(Cn3cncn3)cc12)OC(=O)C(=O)OC(Cc1c[nH]c2ccc(Cn3cncn3)cc12)N(C)C. The summed E-state index contributed by atoms with van der Waals surface area (Å²) in [6.07, 6.45) is 9.46. The van der Waals surface area contributed by atoms with Crippen molar-refractivity contribution in [3.05, 3.63) is 96.4 Å². The molecule has 0 fully saturated rings. The van der Waals surface area contributed by atoms with E-state index < -0.39 is 24.4 Å². The first-order valence-corrected chi connectivity index (χ1v) is 14.8. The topological polar surface area (TPSA) is 152 Å². The fraction of sp³-hybridized carbons (Fsp3) is 0.312. The number of H-pyrrole nitrogens is 2. The third kappa shape index (κ3) is 6.98. The molecule has 2 atom stereocenters. The van der Waals surface area contributed by atoms with Crippen LogP contribution in [-0.4, -0.2) is 102 Å². The predicted molar refractivity (Wildman–Crippen MR) is 169 cm³/mol. The van der Waals surface area contributed by atoms with Crippen molar-refractivity contribution in [1.82, 2.24) is 49.3 Å². The van der Waals surface area contributed by atoms with Crippen molar-refractivity contribution in [3.63, 3.8) is 0 Å². The Morgan fingerprint density at radius 2 is 1.15 bits per heavy atom. The number of carbonyl (C=O) groups is 2. The van der Waals surface area contributed by atoms with Crippen molar-refractivity contribution in [1.29, 1.82) is 0 Å². The van der Waals surface area contributed by atoms with Gasteiger partial charge in [-0.05, 0) is 74.7 Å². The highest BCUT2D eigenvalue weighted by Crippen LogP contribution is 2.24. The van der Waals surface area contributed by atoms with E-state index in [0.717, 1.165) is 44.1 Å². The second-order valence-corrected chi connectivity index (χ2v) is 11.6. The smallest absolute Gasteiger partial charge is 0.419 e. The van der Waals surface area contributed by atoms with Crippen LogP contribution >= 0.6 is 0 Å². The summed E-state index contributed by atoms with van der Waals surface area (Å²) in [5.74, 6) is -2.10. The number of benzene rings is 2. The summed E-state index contributed by atoms with van der Waals surface area (Å²) in [5.41, 5.74) is 5.91. The molecule has 4 heterocycles. The van der Waals surface area contributed by atoms with Gasteiger partial charge in [-0.15, -0.1) is 0 Å². The minimum Gasteiger partial charge on any atom is -0.438 e. The van der Waals surface area contributed by atoms with Crippen LogP contribution in [0, 0.1) is 0 Å².